The number of carbonyl (C=O) groups excluding carboxylic acids is 1. The van der Waals surface area contributed by atoms with Crippen LogP contribution in [0.15, 0.2) is 28.8 Å². The summed E-state index contributed by atoms with van der Waals surface area (Å²) < 4.78 is 7.53. The Morgan fingerprint density at radius 3 is 2.89 bits per heavy atom. The molecule has 3 aromatic rings. The van der Waals surface area contributed by atoms with Gasteiger partial charge < -0.3 is 14.0 Å². The first-order valence-corrected chi connectivity index (χ1v) is 9.71. The third-order valence-electron chi connectivity index (χ3n) is 5.25. The van der Waals surface area contributed by atoms with Gasteiger partial charge in [-0.05, 0) is 38.3 Å². The van der Waals surface area contributed by atoms with Crippen molar-refractivity contribution in [3.63, 3.8) is 0 Å². The Bertz CT molecular complexity index is 945. The van der Waals surface area contributed by atoms with Crippen LogP contribution < -0.4 is 0 Å². The second-order valence-corrected chi connectivity index (χ2v) is 7.05. The molecule has 7 heteroatoms. The van der Waals surface area contributed by atoms with E-state index in [0.717, 1.165) is 49.1 Å². The Morgan fingerprint density at radius 2 is 2.11 bits per heavy atom. The molecule has 0 radical (unpaired) electrons. The summed E-state index contributed by atoms with van der Waals surface area (Å²) in [6.07, 6.45) is 4.25. The van der Waals surface area contributed by atoms with E-state index in [1.807, 2.05) is 23.1 Å². The molecule has 0 saturated carbocycles. The lowest BCUT2D eigenvalue weighted by Gasteiger charge is -2.33. The van der Waals surface area contributed by atoms with Crippen LogP contribution in [0.1, 0.15) is 56.2 Å². The van der Waals surface area contributed by atoms with E-state index in [4.69, 9.17) is 9.51 Å². The highest BCUT2D eigenvalue weighted by Crippen LogP contribution is 2.30. The molecular formula is C20H25N5O2. The maximum atomic E-state index is 13.0. The zero-order valence-corrected chi connectivity index (χ0v) is 15.9. The van der Waals surface area contributed by atoms with E-state index in [1.54, 1.807) is 6.92 Å². The summed E-state index contributed by atoms with van der Waals surface area (Å²) in [5.74, 6) is 2.32. The smallest absolute Gasteiger partial charge is 0.249 e. The van der Waals surface area contributed by atoms with Crippen LogP contribution >= 0.6 is 0 Å². The number of para-hydroxylation sites is 2. The van der Waals surface area contributed by atoms with Gasteiger partial charge in [0.1, 0.15) is 11.9 Å². The second-order valence-electron chi connectivity index (χ2n) is 7.05. The zero-order chi connectivity index (χ0) is 18.8. The number of aromatic nitrogens is 4. The fourth-order valence-corrected chi connectivity index (χ4v) is 3.93. The van der Waals surface area contributed by atoms with Gasteiger partial charge in [-0.25, -0.2) is 4.98 Å². The molecule has 3 heterocycles. The van der Waals surface area contributed by atoms with Crippen molar-refractivity contribution in [3.8, 4) is 0 Å². The Balaban J connectivity index is 1.52. The standard InChI is InChI=1S/C20H25N5O2/c1-3-18-22-15-8-4-5-9-16(15)24(18)13-11-19(26)25-12-7-6-10-17(25)20-21-14(2)23-27-20/h4-5,8-9,17H,3,6-7,10-13H2,1-2H3. The molecule has 1 saturated heterocycles. The average Bonchev–Trinajstić information content (AvgIpc) is 3.29. The molecule has 1 aromatic carbocycles. The number of likely N-dealkylation sites (tertiary alicyclic amines) is 1. The molecule has 4 rings (SSSR count). The van der Waals surface area contributed by atoms with E-state index in [0.29, 0.717) is 24.7 Å². The van der Waals surface area contributed by atoms with Gasteiger partial charge in [0.2, 0.25) is 11.8 Å². The summed E-state index contributed by atoms with van der Waals surface area (Å²) in [7, 11) is 0. The minimum atomic E-state index is -0.0994. The van der Waals surface area contributed by atoms with Crippen LogP contribution in [0.3, 0.4) is 0 Å². The fraction of sp³-hybridized carbons (Fsp3) is 0.500. The van der Waals surface area contributed by atoms with E-state index in [-0.39, 0.29) is 11.9 Å². The predicted octanol–water partition coefficient (Wildman–Crippen LogP) is 3.43. The van der Waals surface area contributed by atoms with Crippen molar-refractivity contribution in [2.45, 2.75) is 58.5 Å². The first kappa shape index (κ1) is 17.7. The van der Waals surface area contributed by atoms with E-state index in [1.165, 1.54) is 0 Å². The zero-order valence-electron chi connectivity index (χ0n) is 15.9. The molecule has 1 amide bonds. The molecule has 0 bridgehead atoms. The summed E-state index contributed by atoms with van der Waals surface area (Å²) >= 11 is 0. The number of rotatable bonds is 5. The quantitative estimate of drug-likeness (QED) is 0.690. The maximum absolute atomic E-state index is 13.0. The molecule has 1 fully saturated rings. The van der Waals surface area contributed by atoms with Gasteiger partial charge in [0.25, 0.3) is 0 Å². The number of benzene rings is 1. The minimum absolute atomic E-state index is 0.0994. The summed E-state index contributed by atoms with van der Waals surface area (Å²) in [6.45, 7) is 5.28. The third-order valence-corrected chi connectivity index (χ3v) is 5.25. The van der Waals surface area contributed by atoms with Crippen LogP contribution in [-0.2, 0) is 17.8 Å². The van der Waals surface area contributed by atoms with Gasteiger partial charge in [-0.2, -0.15) is 4.98 Å². The molecule has 1 aliphatic heterocycles. The van der Waals surface area contributed by atoms with Gasteiger partial charge in [0.15, 0.2) is 5.82 Å². The normalized spacial score (nSPS) is 17.6. The number of imidazole rings is 1. The first-order chi connectivity index (χ1) is 13.2. The van der Waals surface area contributed by atoms with Crippen LogP contribution in [0.25, 0.3) is 11.0 Å². The van der Waals surface area contributed by atoms with Crippen LogP contribution in [0, 0.1) is 6.92 Å². The molecule has 1 atom stereocenters. The summed E-state index contributed by atoms with van der Waals surface area (Å²) in [4.78, 5) is 24.0. The molecule has 1 aliphatic rings. The monoisotopic (exact) mass is 367 g/mol. The highest BCUT2D eigenvalue weighted by Gasteiger charge is 2.31. The number of piperidine rings is 1. The van der Waals surface area contributed by atoms with Crippen LogP contribution in [0.2, 0.25) is 0 Å². The van der Waals surface area contributed by atoms with E-state index < -0.39 is 0 Å². The Labute approximate surface area is 158 Å². The van der Waals surface area contributed by atoms with Gasteiger partial charge in [-0.15, -0.1) is 0 Å². The van der Waals surface area contributed by atoms with Gasteiger partial charge in [0.05, 0.1) is 11.0 Å². The molecule has 2 aromatic heterocycles. The van der Waals surface area contributed by atoms with Gasteiger partial charge in [-0.3, -0.25) is 4.79 Å². The van der Waals surface area contributed by atoms with Crippen LogP contribution in [0.4, 0.5) is 0 Å². The summed E-state index contributed by atoms with van der Waals surface area (Å²) in [5.41, 5.74) is 2.07. The second kappa shape index (κ2) is 7.50. The van der Waals surface area contributed by atoms with Crippen molar-refractivity contribution in [3.05, 3.63) is 41.8 Å². The highest BCUT2D eigenvalue weighted by atomic mass is 16.5. The Morgan fingerprint density at radius 1 is 1.26 bits per heavy atom. The van der Waals surface area contributed by atoms with Gasteiger partial charge >= 0.3 is 0 Å². The van der Waals surface area contributed by atoms with Crippen LogP contribution in [-0.4, -0.2) is 37.0 Å². The predicted molar refractivity (Wildman–Crippen MR) is 101 cm³/mol. The van der Waals surface area contributed by atoms with E-state index >= 15 is 0 Å². The number of carbonyl (C=O) groups is 1. The number of hydrogen-bond donors (Lipinski definition) is 0. The highest BCUT2D eigenvalue weighted by molar-refractivity contribution is 5.78. The van der Waals surface area contributed by atoms with Crippen molar-refractivity contribution in [1.82, 2.24) is 24.6 Å². The van der Waals surface area contributed by atoms with Crippen LogP contribution in [0.5, 0.6) is 0 Å². The summed E-state index contributed by atoms with van der Waals surface area (Å²) in [6, 6.07) is 8.00. The van der Waals surface area contributed by atoms with E-state index in [9.17, 15) is 4.79 Å². The molecule has 7 nitrogen and oxygen atoms in total. The van der Waals surface area contributed by atoms with Crippen molar-refractivity contribution in [1.29, 1.82) is 0 Å². The largest absolute Gasteiger partial charge is 0.337 e. The minimum Gasteiger partial charge on any atom is -0.337 e. The van der Waals surface area contributed by atoms with Crippen molar-refractivity contribution in [2.75, 3.05) is 6.54 Å². The van der Waals surface area contributed by atoms with Gasteiger partial charge in [-0.1, -0.05) is 24.2 Å². The third kappa shape index (κ3) is 3.46. The molecule has 0 N–H and O–H groups in total. The Hall–Kier alpha value is -2.70. The fourth-order valence-electron chi connectivity index (χ4n) is 3.93. The van der Waals surface area contributed by atoms with Crippen molar-refractivity contribution in [2.24, 2.45) is 0 Å². The number of aryl methyl sites for hydroxylation is 3. The number of nitrogens with zero attached hydrogens (tertiary/aromatic N) is 5. The van der Waals surface area contributed by atoms with Gasteiger partial charge in [0, 0.05) is 25.9 Å². The molecule has 0 aliphatic carbocycles. The van der Waals surface area contributed by atoms with Crippen molar-refractivity contribution < 1.29 is 9.32 Å². The number of amides is 1. The number of fused-ring (bicyclic) bond motifs is 1. The lowest BCUT2D eigenvalue weighted by atomic mass is 10.0. The molecule has 27 heavy (non-hydrogen) atoms. The molecular weight excluding hydrogens is 342 g/mol. The summed E-state index contributed by atoms with van der Waals surface area (Å²) in [5, 5.41) is 3.89. The lowest BCUT2D eigenvalue weighted by molar-refractivity contribution is -0.136. The molecule has 0 spiro atoms. The Kier molecular flexibility index (Phi) is 4.92. The topological polar surface area (TPSA) is 77.1 Å². The average molecular weight is 367 g/mol. The first-order valence-electron chi connectivity index (χ1n) is 9.71. The molecule has 1 unspecified atom stereocenters. The maximum Gasteiger partial charge on any atom is 0.249 e. The molecule has 142 valence electrons. The van der Waals surface area contributed by atoms with E-state index in [2.05, 4.69) is 27.7 Å². The lowest BCUT2D eigenvalue weighted by Crippen LogP contribution is -2.39. The SMILES string of the molecule is CCc1nc2ccccc2n1CCC(=O)N1CCCCC1c1nc(C)no1. The number of hydrogen-bond acceptors (Lipinski definition) is 5. The van der Waals surface area contributed by atoms with Crippen molar-refractivity contribution >= 4 is 16.9 Å².